The van der Waals surface area contributed by atoms with Crippen molar-refractivity contribution >= 4 is 155 Å². The number of hydrogen-bond acceptors (Lipinski definition) is 3. The lowest BCUT2D eigenvalue weighted by molar-refractivity contribution is 1.01. The van der Waals surface area contributed by atoms with E-state index >= 15 is 0 Å². The van der Waals surface area contributed by atoms with E-state index in [4.69, 9.17) is 0 Å². The number of aryl methyl sites for hydroxylation is 1. The highest BCUT2D eigenvalue weighted by atomic mass is 32.1. The molecule has 19 aromatic rings. The smallest absolute Gasteiger partial charge is 0.0434 e. The molecule has 20 rings (SSSR count). The zero-order valence-electron chi connectivity index (χ0n) is 50.5. The monoisotopic (exact) mass is 1230 g/mol. The molecular formula is C90H54S3. The van der Waals surface area contributed by atoms with Crippen LogP contribution in [0.1, 0.15) is 16.9 Å². The first-order chi connectivity index (χ1) is 46.1. The Morgan fingerprint density at radius 2 is 0.527 bits per heavy atom. The van der Waals surface area contributed by atoms with Gasteiger partial charge >= 0.3 is 0 Å². The molecule has 0 N–H and O–H groups in total. The van der Waals surface area contributed by atoms with Gasteiger partial charge in [-0.1, -0.05) is 255 Å². The number of rotatable bonds is 7. The first-order valence-electron chi connectivity index (χ1n) is 32.2. The van der Waals surface area contributed by atoms with E-state index in [0.29, 0.717) is 0 Å². The molecule has 0 bridgehead atoms. The number of fused-ring (bicyclic) bond motifs is 21. The molecule has 0 amide bonds. The van der Waals surface area contributed by atoms with Gasteiger partial charge in [0.05, 0.1) is 0 Å². The molecule has 0 aliphatic heterocycles. The largest absolute Gasteiger partial charge is 0.135 e. The Labute approximate surface area is 549 Å². The molecule has 16 aromatic carbocycles. The lowest BCUT2D eigenvalue weighted by atomic mass is 9.89. The second-order valence-corrected chi connectivity index (χ2v) is 28.3. The van der Waals surface area contributed by atoms with E-state index in [2.05, 4.69) is 303 Å². The van der Waals surface area contributed by atoms with E-state index < -0.39 is 0 Å². The minimum absolute atomic E-state index is 1.11. The number of allylic oxidation sites excluding steroid dienone is 1. The third-order valence-corrected chi connectivity index (χ3v) is 23.9. The van der Waals surface area contributed by atoms with Crippen LogP contribution in [0.2, 0.25) is 0 Å². The highest BCUT2D eigenvalue weighted by Gasteiger charge is 2.22. The Kier molecular flexibility index (Phi) is 11.9. The minimum atomic E-state index is 1.11. The van der Waals surface area contributed by atoms with E-state index in [9.17, 15) is 0 Å². The van der Waals surface area contributed by atoms with E-state index in [1.54, 1.807) is 0 Å². The molecule has 3 heteroatoms. The van der Waals surface area contributed by atoms with Crippen molar-refractivity contribution in [2.75, 3.05) is 0 Å². The van der Waals surface area contributed by atoms with Gasteiger partial charge in [-0.05, 0) is 209 Å². The van der Waals surface area contributed by atoms with Gasteiger partial charge in [-0.3, -0.25) is 0 Å². The topological polar surface area (TPSA) is 0 Å². The molecule has 0 spiro atoms. The highest BCUT2D eigenvalue weighted by Crippen LogP contribution is 2.50. The molecule has 1 aliphatic carbocycles. The molecular weight excluding hydrogens is 1180 g/mol. The predicted molar refractivity (Wildman–Crippen MR) is 408 cm³/mol. The Balaban J connectivity index is 0.693. The summed E-state index contributed by atoms with van der Waals surface area (Å²) in [6.07, 6.45) is 6.88. The van der Waals surface area contributed by atoms with E-state index in [0.717, 1.165) is 12.8 Å². The Hall–Kier alpha value is -10.8. The van der Waals surface area contributed by atoms with Crippen LogP contribution in [0.5, 0.6) is 0 Å². The summed E-state index contributed by atoms with van der Waals surface area (Å²) in [7, 11) is 0. The van der Waals surface area contributed by atoms with Gasteiger partial charge in [0, 0.05) is 55.5 Å². The van der Waals surface area contributed by atoms with Crippen LogP contribution >= 0.6 is 34.0 Å². The van der Waals surface area contributed by atoms with Crippen molar-refractivity contribution in [2.45, 2.75) is 12.8 Å². The summed E-state index contributed by atoms with van der Waals surface area (Å²) >= 11 is 5.80. The van der Waals surface area contributed by atoms with Crippen molar-refractivity contribution < 1.29 is 0 Å². The molecule has 0 radical (unpaired) electrons. The van der Waals surface area contributed by atoms with Gasteiger partial charge < -0.3 is 0 Å². The van der Waals surface area contributed by atoms with Crippen LogP contribution in [0.4, 0.5) is 0 Å². The van der Waals surface area contributed by atoms with Gasteiger partial charge in [0.15, 0.2) is 0 Å². The molecule has 0 nitrogen and oxygen atoms in total. The zero-order valence-corrected chi connectivity index (χ0v) is 53.0. The SMILES string of the molecule is C1=Cc2sc3c(-c4cccc(-c5ccc6c(c5)c5ccccc5c5ccc(-c7cc(-c8ccccc8)c8sc9c(-c%10cccc(-c%11cccc%12c%11sc%11c(-c%13ccc%14c%15ccccc%15c%15ccccc%15c%14c%13)cccc%11%12)c%10)cccc9c8c7)cc56)c4)cccc3c2CC1. The maximum Gasteiger partial charge on any atom is 0.0434 e. The molecule has 0 saturated carbocycles. The molecule has 0 unspecified atom stereocenters. The lowest BCUT2D eigenvalue weighted by Crippen LogP contribution is -1.89. The van der Waals surface area contributed by atoms with Gasteiger partial charge in [0.25, 0.3) is 0 Å². The molecule has 1 aliphatic rings. The van der Waals surface area contributed by atoms with Crippen LogP contribution in [0.3, 0.4) is 0 Å². The third kappa shape index (κ3) is 8.27. The Morgan fingerprint density at radius 3 is 1.06 bits per heavy atom. The molecule has 3 heterocycles. The molecule has 93 heavy (non-hydrogen) atoms. The Bertz CT molecular complexity index is 6390. The number of thiophene rings is 3. The number of benzene rings is 16. The van der Waals surface area contributed by atoms with Gasteiger partial charge in [-0.25, -0.2) is 0 Å². The lowest BCUT2D eigenvalue weighted by Gasteiger charge is -2.15. The average molecular weight is 1230 g/mol. The maximum absolute atomic E-state index is 2.47. The zero-order chi connectivity index (χ0) is 60.8. The summed E-state index contributed by atoms with van der Waals surface area (Å²) in [5.41, 5.74) is 18.9. The number of hydrogen-bond donors (Lipinski definition) is 0. The fourth-order valence-corrected chi connectivity index (χ4v) is 19.8. The van der Waals surface area contributed by atoms with E-state index in [-0.39, 0.29) is 0 Å². The quantitative estimate of drug-likeness (QED) is 0.140. The second kappa shape index (κ2) is 20.9. The van der Waals surface area contributed by atoms with Crippen LogP contribution in [0, 0.1) is 0 Å². The second-order valence-electron chi connectivity index (χ2n) is 25.2. The maximum atomic E-state index is 2.47. The van der Waals surface area contributed by atoms with Crippen LogP contribution in [0.15, 0.2) is 297 Å². The first kappa shape index (κ1) is 52.9. The summed E-state index contributed by atoms with van der Waals surface area (Å²) in [6, 6.07) is 110. The van der Waals surface area contributed by atoms with Gasteiger partial charge in [0.1, 0.15) is 0 Å². The first-order valence-corrected chi connectivity index (χ1v) is 34.7. The van der Waals surface area contributed by atoms with Gasteiger partial charge in [0.2, 0.25) is 0 Å². The van der Waals surface area contributed by atoms with Crippen molar-refractivity contribution in [3.63, 3.8) is 0 Å². The molecule has 432 valence electrons. The van der Waals surface area contributed by atoms with Crippen molar-refractivity contribution in [3.05, 3.63) is 308 Å². The van der Waals surface area contributed by atoms with Crippen molar-refractivity contribution in [3.8, 4) is 77.9 Å². The van der Waals surface area contributed by atoms with Crippen LogP contribution in [-0.4, -0.2) is 0 Å². The summed E-state index contributed by atoms with van der Waals surface area (Å²) in [4.78, 5) is 1.41. The van der Waals surface area contributed by atoms with Crippen molar-refractivity contribution in [2.24, 2.45) is 0 Å². The van der Waals surface area contributed by atoms with Crippen LogP contribution < -0.4 is 0 Å². The highest BCUT2D eigenvalue weighted by molar-refractivity contribution is 7.27. The summed E-state index contributed by atoms with van der Waals surface area (Å²) in [6.45, 7) is 0. The fraction of sp³-hybridized carbons (Fsp3) is 0.0222. The van der Waals surface area contributed by atoms with Gasteiger partial charge in [-0.2, -0.15) is 0 Å². The standard InChI is InChI=1S/C90H54S3/c1-2-18-53(19-3-1)80-51-61(56-41-43-72-69-27-7-9-29-71(69)81-48-55(40-44-74(81)82(72)49-56)54-20-12-21-57(46-54)62-31-14-35-76-75-30-10-11-39-85(75)91-86(62)76)52-84-79-38-17-33-64(89(79)93-90(80)84)59-23-13-22-58(47-59)63-32-15-36-77-78-37-16-34-65(88(78)92-87(63)77)60-42-45-73-68-26-5-4-24-66(68)67-25-6-8-28-70(67)83(73)50-60/h1-9,11-29,31-52H,10,30H2. The molecule has 3 aromatic heterocycles. The van der Waals surface area contributed by atoms with E-state index in [1.807, 2.05) is 34.0 Å². The predicted octanol–water partition coefficient (Wildman–Crippen LogP) is 27.2. The summed E-state index contributed by atoms with van der Waals surface area (Å²) < 4.78 is 6.63. The summed E-state index contributed by atoms with van der Waals surface area (Å²) in [5, 5.41) is 22.0. The third-order valence-electron chi connectivity index (χ3n) is 20.1. The molecule has 0 saturated heterocycles. The molecule has 0 atom stereocenters. The van der Waals surface area contributed by atoms with Crippen LogP contribution in [-0.2, 0) is 6.42 Å². The van der Waals surface area contributed by atoms with Crippen LogP contribution in [0.25, 0.3) is 199 Å². The van der Waals surface area contributed by atoms with Gasteiger partial charge in [-0.15, -0.1) is 34.0 Å². The normalized spacial score (nSPS) is 12.6. The van der Waals surface area contributed by atoms with Crippen molar-refractivity contribution in [1.82, 2.24) is 0 Å². The fourth-order valence-electron chi connectivity index (χ4n) is 15.7. The average Bonchev–Trinajstić information content (AvgIpc) is 1.80. The minimum Gasteiger partial charge on any atom is -0.135 e. The Morgan fingerprint density at radius 1 is 0.194 bits per heavy atom. The van der Waals surface area contributed by atoms with Crippen molar-refractivity contribution in [1.29, 1.82) is 0 Å². The summed E-state index contributed by atoms with van der Waals surface area (Å²) in [5.74, 6) is 0. The molecule has 0 fully saturated rings. The van der Waals surface area contributed by atoms with E-state index in [1.165, 1.54) is 203 Å².